The molecule has 0 saturated heterocycles. The van der Waals surface area contributed by atoms with Crippen molar-refractivity contribution in [1.29, 1.82) is 0 Å². The second-order valence-corrected chi connectivity index (χ2v) is 5.63. The summed E-state index contributed by atoms with van der Waals surface area (Å²) in [4.78, 5) is 0. The van der Waals surface area contributed by atoms with E-state index in [0.717, 1.165) is 29.5 Å². The molecular weight excluding hydrogens is 244 g/mol. The van der Waals surface area contributed by atoms with Gasteiger partial charge in [-0.1, -0.05) is 30.7 Å². The first-order valence-electron chi connectivity index (χ1n) is 6.49. The van der Waals surface area contributed by atoms with Crippen molar-refractivity contribution in [2.45, 2.75) is 33.1 Å². The Balaban J connectivity index is 2.12. The minimum Gasteiger partial charge on any atom is -0.236 e. The predicted molar refractivity (Wildman–Crippen MR) is 74.5 cm³/mol. The van der Waals surface area contributed by atoms with Gasteiger partial charge in [-0.25, -0.2) is 4.68 Å². The topological polar surface area (TPSA) is 17.8 Å². The molecule has 94 valence electrons. The summed E-state index contributed by atoms with van der Waals surface area (Å²) >= 11 is 6.26. The first kappa shape index (κ1) is 11.8. The Bertz CT molecular complexity index is 586. The van der Waals surface area contributed by atoms with E-state index in [1.54, 1.807) is 0 Å². The van der Waals surface area contributed by atoms with Crippen LogP contribution in [-0.2, 0) is 12.8 Å². The zero-order chi connectivity index (χ0) is 12.7. The fraction of sp³-hybridized carbons (Fsp3) is 0.400. The van der Waals surface area contributed by atoms with E-state index in [9.17, 15) is 0 Å². The van der Waals surface area contributed by atoms with Crippen LogP contribution in [0.1, 0.15) is 30.3 Å². The van der Waals surface area contributed by atoms with E-state index in [4.69, 9.17) is 16.7 Å². The largest absolute Gasteiger partial charge is 0.236 e. The van der Waals surface area contributed by atoms with E-state index in [1.165, 1.54) is 23.4 Å². The van der Waals surface area contributed by atoms with Gasteiger partial charge in [0, 0.05) is 5.69 Å². The van der Waals surface area contributed by atoms with Gasteiger partial charge in [0.15, 0.2) is 0 Å². The van der Waals surface area contributed by atoms with Gasteiger partial charge in [0.05, 0.1) is 16.4 Å². The third-order valence-electron chi connectivity index (χ3n) is 3.83. The molecule has 1 aliphatic carbocycles. The van der Waals surface area contributed by atoms with Crippen LogP contribution in [0.3, 0.4) is 0 Å². The molecule has 1 heterocycles. The molecule has 0 N–H and O–H groups in total. The van der Waals surface area contributed by atoms with E-state index in [2.05, 4.69) is 13.8 Å². The average molecular weight is 261 g/mol. The lowest BCUT2D eigenvalue weighted by Gasteiger charge is -2.17. The lowest BCUT2D eigenvalue weighted by atomic mass is 9.88. The highest BCUT2D eigenvalue weighted by Crippen LogP contribution is 2.30. The molecule has 18 heavy (non-hydrogen) atoms. The number of fused-ring (bicyclic) bond motifs is 1. The molecular formula is C15H17ClN2. The quantitative estimate of drug-likeness (QED) is 0.759. The van der Waals surface area contributed by atoms with Crippen LogP contribution in [0.15, 0.2) is 24.3 Å². The molecule has 3 rings (SSSR count). The highest BCUT2D eigenvalue weighted by atomic mass is 35.5. The average Bonchev–Trinajstić information content (AvgIpc) is 2.68. The van der Waals surface area contributed by atoms with Crippen LogP contribution in [0.2, 0.25) is 5.02 Å². The Hall–Kier alpha value is -1.28. The highest BCUT2D eigenvalue weighted by Gasteiger charge is 2.22. The fourth-order valence-electron chi connectivity index (χ4n) is 2.75. The molecule has 0 saturated carbocycles. The fourth-order valence-corrected chi connectivity index (χ4v) is 2.97. The standard InChI is InChI=1S/C15H17ClN2/c1-10-7-8-14-12(9-10)11(2)18(17-14)15-6-4-3-5-13(15)16/h3-6,10H,7-9H2,1-2H3. The highest BCUT2D eigenvalue weighted by molar-refractivity contribution is 6.32. The van der Waals surface area contributed by atoms with Crippen molar-refractivity contribution >= 4 is 11.6 Å². The van der Waals surface area contributed by atoms with Crippen LogP contribution >= 0.6 is 11.6 Å². The summed E-state index contributed by atoms with van der Waals surface area (Å²) in [6.45, 7) is 4.46. The molecule has 0 aliphatic heterocycles. The summed E-state index contributed by atoms with van der Waals surface area (Å²) in [5, 5.41) is 5.51. The number of hydrogen-bond donors (Lipinski definition) is 0. The number of benzene rings is 1. The van der Waals surface area contributed by atoms with Crippen molar-refractivity contribution in [3.05, 3.63) is 46.2 Å². The van der Waals surface area contributed by atoms with Crippen molar-refractivity contribution in [2.75, 3.05) is 0 Å². The first-order chi connectivity index (χ1) is 8.66. The molecule has 2 aromatic rings. The van der Waals surface area contributed by atoms with Gasteiger partial charge in [-0.05, 0) is 49.8 Å². The Morgan fingerprint density at radius 2 is 2.11 bits per heavy atom. The van der Waals surface area contributed by atoms with E-state index < -0.39 is 0 Å². The molecule has 0 spiro atoms. The van der Waals surface area contributed by atoms with Crippen molar-refractivity contribution in [3.63, 3.8) is 0 Å². The van der Waals surface area contributed by atoms with Crippen LogP contribution in [0, 0.1) is 12.8 Å². The Morgan fingerprint density at radius 3 is 2.89 bits per heavy atom. The van der Waals surface area contributed by atoms with Crippen LogP contribution in [0.25, 0.3) is 5.69 Å². The van der Waals surface area contributed by atoms with Crippen LogP contribution < -0.4 is 0 Å². The molecule has 3 heteroatoms. The summed E-state index contributed by atoms with van der Waals surface area (Å²) in [7, 11) is 0. The summed E-state index contributed by atoms with van der Waals surface area (Å²) < 4.78 is 2.00. The van der Waals surface area contributed by atoms with Gasteiger partial charge >= 0.3 is 0 Å². The molecule has 1 atom stereocenters. The molecule has 1 aliphatic rings. The molecule has 1 aromatic heterocycles. The first-order valence-corrected chi connectivity index (χ1v) is 6.87. The van der Waals surface area contributed by atoms with Crippen LogP contribution in [0.5, 0.6) is 0 Å². The summed E-state index contributed by atoms with van der Waals surface area (Å²) in [6.07, 6.45) is 3.48. The van der Waals surface area contributed by atoms with E-state index in [-0.39, 0.29) is 0 Å². The van der Waals surface area contributed by atoms with Gasteiger partial charge in [-0.15, -0.1) is 0 Å². The van der Waals surface area contributed by atoms with Crippen molar-refractivity contribution < 1.29 is 0 Å². The number of hydrogen-bond acceptors (Lipinski definition) is 1. The van der Waals surface area contributed by atoms with Gasteiger partial charge in [-0.2, -0.15) is 5.10 Å². The second-order valence-electron chi connectivity index (χ2n) is 5.22. The number of rotatable bonds is 1. The molecule has 1 aromatic carbocycles. The third kappa shape index (κ3) is 1.85. The molecule has 0 radical (unpaired) electrons. The lowest BCUT2D eigenvalue weighted by molar-refractivity contribution is 0.496. The third-order valence-corrected chi connectivity index (χ3v) is 4.15. The Kier molecular flexibility index (Phi) is 2.90. The molecule has 1 unspecified atom stereocenters. The number of nitrogens with zero attached hydrogens (tertiary/aromatic N) is 2. The normalized spacial score (nSPS) is 18.7. The molecule has 2 nitrogen and oxygen atoms in total. The van der Waals surface area contributed by atoms with E-state index >= 15 is 0 Å². The second kappa shape index (κ2) is 4.43. The maximum atomic E-state index is 6.26. The van der Waals surface area contributed by atoms with Gasteiger partial charge in [0.2, 0.25) is 0 Å². The number of halogens is 1. The lowest BCUT2D eigenvalue weighted by Crippen LogP contribution is -2.10. The minimum absolute atomic E-state index is 0.758. The monoisotopic (exact) mass is 260 g/mol. The maximum absolute atomic E-state index is 6.26. The molecule has 0 bridgehead atoms. The maximum Gasteiger partial charge on any atom is 0.0835 e. The summed E-state index contributed by atoms with van der Waals surface area (Å²) in [5.41, 5.74) is 4.91. The summed E-state index contributed by atoms with van der Waals surface area (Å²) in [6, 6.07) is 7.90. The van der Waals surface area contributed by atoms with Gasteiger partial charge in [0.1, 0.15) is 0 Å². The van der Waals surface area contributed by atoms with Gasteiger partial charge < -0.3 is 0 Å². The SMILES string of the molecule is Cc1c2c(nn1-c1ccccc1Cl)CCC(C)C2. The van der Waals surface area contributed by atoms with Crippen LogP contribution in [-0.4, -0.2) is 9.78 Å². The van der Waals surface area contributed by atoms with Crippen LogP contribution in [0.4, 0.5) is 0 Å². The summed E-state index contributed by atoms with van der Waals surface area (Å²) in [5.74, 6) is 0.764. The number of aryl methyl sites for hydroxylation is 1. The number of para-hydroxylation sites is 1. The Morgan fingerprint density at radius 1 is 1.33 bits per heavy atom. The van der Waals surface area contributed by atoms with E-state index in [1.807, 2.05) is 28.9 Å². The minimum atomic E-state index is 0.758. The van der Waals surface area contributed by atoms with E-state index in [0.29, 0.717) is 0 Å². The van der Waals surface area contributed by atoms with Crippen molar-refractivity contribution in [3.8, 4) is 5.69 Å². The zero-order valence-corrected chi connectivity index (χ0v) is 11.5. The zero-order valence-electron chi connectivity index (χ0n) is 10.8. The van der Waals surface area contributed by atoms with Crippen molar-refractivity contribution in [2.24, 2.45) is 5.92 Å². The molecule has 0 amide bonds. The van der Waals surface area contributed by atoms with Gasteiger partial charge in [0.25, 0.3) is 0 Å². The van der Waals surface area contributed by atoms with Crippen molar-refractivity contribution in [1.82, 2.24) is 9.78 Å². The molecule has 0 fully saturated rings. The predicted octanol–water partition coefficient (Wildman–Crippen LogP) is 3.96. The van der Waals surface area contributed by atoms with Gasteiger partial charge in [-0.3, -0.25) is 0 Å². The smallest absolute Gasteiger partial charge is 0.0835 e. The number of aromatic nitrogens is 2. The Labute approximate surface area is 113 Å².